The highest BCUT2D eigenvalue weighted by molar-refractivity contribution is 5.43. The Morgan fingerprint density at radius 1 is 1.37 bits per heavy atom. The number of aliphatic hydroxyl groups is 1. The maximum Gasteiger partial charge on any atom is 0.161 e. The third-order valence-corrected chi connectivity index (χ3v) is 3.77. The van der Waals surface area contributed by atoms with Crippen LogP contribution >= 0.6 is 0 Å². The number of ether oxygens (including phenoxy) is 3. The second kappa shape index (κ2) is 5.02. The minimum absolute atomic E-state index is 0.118. The SMILES string of the molecule is COc1cc(CC2(O)CC2)ccc1OC1CCOC1. The summed E-state index contributed by atoms with van der Waals surface area (Å²) in [5.41, 5.74) is 0.610. The van der Waals surface area contributed by atoms with Crippen LogP contribution in [0.4, 0.5) is 0 Å². The summed E-state index contributed by atoms with van der Waals surface area (Å²) >= 11 is 0. The summed E-state index contributed by atoms with van der Waals surface area (Å²) in [7, 11) is 1.64. The highest BCUT2D eigenvalue weighted by atomic mass is 16.6. The van der Waals surface area contributed by atoms with Crippen molar-refractivity contribution in [1.82, 2.24) is 0 Å². The predicted octanol–water partition coefficient (Wildman–Crippen LogP) is 1.93. The highest BCUT2D eigenvalue weighted by Crippen LogP contribution is 2.40. The molecular formula is C15H20O4. The molecular weight excluding hydrogens is 244 g/mol. The summed E-state index contributed by atoms with van der Waals surface area (Å²) in [6.07, 6.45) is 3.52. The molecule has 104 valence electrons. The summed E-state index contributed by atoms with van der Waals surface area (Å²) in [6, 6.07) is 5.89. The van der Waals surface area contributed by atoms with Gasteiger partial charge in [0.1, 0.15) is 6.10 Å². The third kappa shape index (κ3) is 3.01. The van der Waals surface area contributed by atoms with Crippen molar-refractivity contribution >= 4 is 0 Å². The number of hydrogen-bond donors (Lipinski definition) is 1. The standard InChI is InChI=1S/C15H20O4/c1-17-14-8-11(9-15(16)5-6-15)2-3-13(14)19-12-4-7-18-10-12/h2-3,8,12,16H,4-7,9-10H2,1H3. The predicted molar refractivity (Wildman–Crippen MR) is 70.7 cm³/mol. The quantitative estimate of drug-likeness (QED) is 0.883. The highest BCUT2D eigenvalue weighted by Gasteiger charge is 2.40. The Bertz CT molecular complexity index is 447. The largest absolute Gasteiger partial charge is 0.493 e. The number of hydrogen-bond acceptors (Lipinski definition) is 4. The van der Waals surface area contributed by atoms with Crippen LogP contribution in [0.1, 0.15) is 24.8 Å². The van der Waals surface area contributed by atoms with Crippen LogP contribution in [-0.2, 0) is 11.2 Å². The second-order valence-corrected chi connectivity index (χ2v) is 5.49. The van der Waals surface area contributed by atoms with Gasteiger partial charge in [0.25, 0.3) is 0 Å². The lowest BCUT2D eigenvalue weighted by atomic mass is 10.1. The van der Waals surface area contributed by atoms with Gasteiger partial charge in [-0.2, -0.15) is 0 Å². The van der Waals surface area contributed by atoms with Crippen LogP contribution in [-0.4, -0.2) is 37.1 Å². The van der Waals surface area contributed by atoms with Gasteiger partial charge in [0, 0.05) is 12.8 Å². The normalized spacial score (nSPS) is 24.2. The minimum atomic E-state index is -0.479. The van der Waals surface area contributed by atoms with Crippen LogP contribution in [0.15, 0.2) is 18.2 Å². The van der Waals surface area contributed by atoms with Crippen LogP contribution in [0, 0.1) is 0 Å². The van der Waals surface area contributed by atoms with E-state index in [1.54, 1.807) is 7.11 Å². The summed E-state index contributed by atoms with van der Waals surface area (Å²) in [5.74, 6) is 1.48. The van der Waals surface area contributed by atoms with E-state index in [-0.39, 0.29) is 6.10 Å². The van der Waals surface area contributed by atoms with Crippen molar-refractivity contribution in [2.24, 2.45) is 0 Å². The molecule has 4 heteroatoms. The first-order valence-electron chi connectivity index (χ1n) is 6.82. The van der Waals surface area contributed by atoms with Crippen molar-refractivity contribution < 1.29 is 19.3 Å². The molecule has 1 aromatic carbocycles. The molecule has 0 bridgehead atoms. The molecule has 2 aliphatic rings. The average Bonchev–Trinajstić information content (AvgIpc) is 2.92. The molecule has 1 saturated carbocycles. The first-order valence-corrected chi connectivity index (χ1v) is 6.82. The topological polar surface area (TPSA) is 47.9 Å². The maximum atomic E-state index is 9.96. The van der Waals surface area contributed by atoms with Gasteiger partial charge in [-0.25, -0.2) is 0 Å². The monoisotopic (exact) mass is 264 g/mol. The molecule has 1 unspecified atom stereocenters. The molecule has 1 aromatic rings. The fourth-order valence-corrected chi connectivity index (χ4v) is 2.41. The van der Waals surface area contributed by atoms with E-state index < -0.39 is 5.60 Å². The lowest BCUT2D eigenvalue weighted by Gasteiger charge is -2.16. The lowest BCUT2D eigenvalue weighted by Crippen LogP contribution is -2.16. The van der Waals surface area contributed by atoms with Gasteiger partial charge in [-0.15, -0.1) is 0 Å². The van der Waals surface area contributed by atoms with Crippen LogP contribution < -0.4 is 9.47 Å². The molecule has 1 atom stereocenters. The smallest absolute Gasteiger partial charge is 0.161 e. The van der Waals surface area contributed by atoms with E-state index in [0.717, 1.165) is 42.9 Å². The van der Waals surface area contributed by atoms with Crippen molar-refractivity contribution in [2.75, 3.05) is 20.3 Å². The first kappa shape index (κ1) is 12.8. The Kier molecular flexibility index (Phi) is 3.37. The maximum absolute atomic E-state index is 9.96. The van der Waals surface area contributed by atoms with E-state index in [1.807, 2.05) is 18.2 Å². The zero-order valence-corrected chi connectivity index (χ0v) is 11.2. The van der Waals surface area contributed by atoms with E-state index in [1.165, 1.54) is 0 Å². The molecule has 1 heterocycles. The number of methoxy groups -OCH3 is 1. The Morgan fingerprint density at radius 2 is 2.21 bits per heavy atom. The van der Waals surface area contributed by atoms with Gasteiger partial charge >= 0.3 is 0 Å². The fourth-order valence-electron chi connectivity index (χ4n) is 2.41. The Balaban J connectivity index is 1.72. The minimum Gasteiger partial charge on any atom is -0.493 e. The molecule has 0 radical (unpaired) electrons. The van der Waals surface area contributed by atoms with Crippen LogP contribution in [0.5, 0.6) is 11.5 Å². The molecule has 1 saturated heterocycles. The molecule has 2 fully saturated rings. The van der Waals surface area contributed by atoms with E-state index >= 15 is 0 Å². The molecule has 1 aliphatic heterocycles. The number of rotatable bonds is 5. The van der Waals surface area contributed by atoms with E-state index in [0.29, 0.717) is 13.0 Å². The summed E-state index contributed by atoms with van der Waals surface area (Å²) in [6.45, 7) is 1.41. The van der Waals surface area contributed by atoms with Gasteiger partial charge in [0.05, 0.1) is 25.9 Å². The van der Waals surface area contributed by atoms with Crippen molar-refractivity contribution in [2.45, 2.75) is 37.4 Å². The Morgan fingerprint density at radius 3 is 2.84 bits per heavy atom. The molecule has 4 nitrogen and oxygen atoms in total. The van der Waals surface area contributed by atoms with E-state index in [2.05, 4.69) is 0 Å². The third-order valence-electron chi connectivity index (χ3n) is 3.77. The zero-order chi connectivity index (χ0) is 13.3. The summed E-state index contributed by atoms with van der Waals surface area (Å²) < 4.78 is 16.6. The Labute approximate surface area is 113 Å². The molecule has 19 heavy (non-hydrogen) atoms. The average molecular weight is 264 g/mol. The molecule has 3 rings (SSSR count). The fraction of sp³-hybridized carbons (Fsp3) is 0.600. The number of benzene rings is 1. The lowest BCUT2D eigenvalue weighted by molar-refractivity contribution is 0.138. The van der Waals surface area contributed by atoms with Crippen LogP contribution in [0.2, 0.25) is 0 Å². The van der Waals surface area contributed by atoms with Crippen molar-refractivity contribution in [1.29, 1.82) is 0 Å². The van der Waals surface area contributed by atoms with Crippen molar-refractivity contribution in [3.63, 3.8) is 0 Å². The first-order chi connectivity index (χ1) is 9.18. The van der Waals surface area contributed by atoms with Gasteiger partial charge in [-0.3, -0.25) is 0 Å². The van der Waals surface area contributed by atoms with Crippen LogP contribution in [0.3, 0.4) is 0 Å². The van der Waals surface area contributed by atoms with Gasteiger partial charge in [0.15, 0.2) is 11.5 Å². The summed E-state index contributed by atoms with van der Waals surface area (Å²) in [4.78, 5) is 0. The molecule has 1 aliphatic carbocycles. The van der Waals surface area contributed by atoms with Crippen LogP contribution in [0.25, 0.3) is 0 Å². The van der Waals surface area contributed by atoms with Gasteiger partial charge in [0.2, 0.25) is 0 Å². The van der Waals surface area contributed by atoms with Crippen molar-refractivity contribution in [3.05, 3.63) is 23.8 Å². The second-order valence-electron chi connectivity index (χ2n) is 5.49. The molecule has 0 spiro atoms. The molecule has 1 N–H and O–H groups in total. The molecule has 0 amide bonds. The van der Waals surface area contributed by atoms with E-state index in [9.17, 15) is 5.11 Å². The van der Waals surface area contributed by atoms with E-state index in [4.69, 9.17) is 14.2 Å². The molecule has 0 aromatic heterocycles. The summed E-state index contributed by atoms with van der Waals surface area (Å²) in [5, 5.41) is 9.96. The van der Waals surface area contributed by atoms with Gasteiger partial charge in [-0.1, -0.05) is 6.07 Å². The van der Waals surface area contributed by atoms with Gasteiger partial charge in [-0.05, 0) is 30.5 Å². The van der Waals surface area contributed by atoms with Crippen molar-refractivity contribution in [3.8, 4) is 11.5 Å². The van der Waals surface area contributed by atoms with Gasteiger partial charge < -0.3 is 19.3 Å². The zero-order valence-electron chi connectivity index (χ0n) is 11.2. The Hall–Kier alpha value is -1.26.